The van der Waals surface area contributed by atoms with Crippen molar-refractivity contribution in [3.05, 3.63) is 30.1 Å². The van der Waals surface area contributed by atoms with Crippen LogP contribution in [0.25, 0.3) is 0 Å². The highest BCUT2D eigenvalue weighted by molar-refractivity contribution is 7.99. The zero-order valence-corrected chi connectivity index (χ0v) is 14.6. The molecule has 0 fully saturated rings. The molecule has 9 heteroatoms. The number of ether oxygens (including phenoxy) is 1. The monoisotopic (exact) mass is 368 g/mol. The van der Waals surface area contributed by atoms with Gasteiger partial charge in [-0.05, 0) is 12.1 Å². The Morgan fingerprint density at radius 1 is 1.36 bits per heavy atom. The Hall–Kier alpha value is -2.42. The fourth-order valence-electron chi connectivity index (χ4n) is 1.85. The molecule has 1 rings (SSSR count). The van der Waals surface area contributed by atoms with Crippen LogP contribution >= 0.6 is 11.8 Å². The van der Waals surface area contributed by atoms with Crippen LogP contribution in [0.15, 0.2) is 24.5 Å². The fourth-order valence-corrected chi connectivity index (χ4v) is 2.89. The van der Waals surface area contributed by atoms with Gasteiger partial charge < -0.3 is 15.2 Å². The maximum Gasteiger partial charge on any atom is 0.308 e. The Labute approximate surface area is 149 Å². The summed E-state index contributed by atoms with van der Waals surface area (Å²) in [5, 5.41) is 11.3. The molecule has 1 amide bonds. The van der Waals surface area contributed by atoms with Crippen molar-refractivity contribution >= 4 is 35.4 Å². The molecule has 25 heavy (non-hydrogen) atoms. The number of amides is 1. The first-order valence-corrected chi connectivity index (χ1v) is 8.69. The van der Waals surface area contributed by atoms with E-state index in [1.165, 1.54) is 31.1 Å². The molecule has 1 atom stereocenters. The number of carboxylic acid groups (broad SMARTS) is 1. The highest BCUT2D eigenvalue weighted by Gasteiger charge is 2.23. The summed E-state index contributed by atoms with van der Waals surface area (Å²) in [5.41, 5.74) is 0.365. The maximum absolute atomic E-state index is 12.4. The number of Topliss-reactive ketones (excluding diaryl/α,β-unsaturated/α-hetero) is 1. The minimum absolute atomic E-state index is 0.102. The Balaban J connectivity index is 2.41. The quantitative estimate of drug-likeness (QED) is 0.258. The highest BCUT2D eigenvalue weighted by atomic mass is 32.2. The Kier molecular flexibility index (Phi) is 9.23. The average molecular weight is 368 g/mol. The lowest BCUT2D eigenvalue weighted by Gasteiger charge is -2.13. The lowest BCUT2D eigenvalue weighted by Crippen LogP contribution is -2.25. The third-order valence-corrected chi connectivity index (χ3v) is 4.19. The smallest absolute Gasteiger partial charge is 0.308 e. The van der Waals surface area contributed by atoms with Crippen LogP contribution in [0.3, 0.4) is 0 Å². The molecule has 0 bridgehead atoms. The molecule has 0 saturated carbocycles. The number of hydrogen-bond donors (Lipinski definition) is 2. The van der Waals surface area contributed by atoms with E-state index in [-0.39, 0.29) is 37.0 Å². The van der Waals surface area contributed by atoms with Crippen LogP contribution in [-0.2, 0) is 19.1 Å². The van der Waals surface area contributed by atoms with E-state index >= 15 is 0 Å². The maximum atomic E-state index is 12.4. The van der Waals surface area contributed by atoms with Gasteiger partial charge in [0.05, 0.1) is 12.8 Å². The average Bonchev–Trinajstić information content (AvgIpc) is 2.57. The zero-order valence-electron chi connectivity index (χ0n) is 13.8. The zero-order chi connectivity index (χ0) is 18.7. The second kappa shape index (κ2) is 11.2. The largest absolute Gasteiger partial charge is 0.481 e. The predicted octanol–water partition coefficient (Wildman–Crippen LogP) is 1.12. The minimum atomic E-state index is -1.06. The number of carboxylic acids is 1. The van der Waals surface area contributed by atoms with Gasteiger partial charge in [0.15, 0.2) is 12.5 Å². The van der Waals surface area contributed by atoms with Crippen LogP contribution in [0, 0.1) is 5.92 Å². The normalized spacial score (nSPS) is 11.4. The van der Waals surface area contributed by atoms with E-state index in [1.807, 2.05) is 0 Å². The topological polar surface area (TPSA) is 123 Å². The first kappa shape index (κ1) is 20.6. The van der Waals surface area contributed by atoms with Gasteiger partial charge in [0.25, 0.3) is 0 Å². The van der Waals surface area contributed by atoms with Gasteiger partial charge in [0.1, 0.15) is 0 Å². The summed E-state index contributed by atoms with van der Waals surface area (Å²) < 4.78 is 4.79. The van der Waals surface area contributed by atoms with Gasteiger partial charge in [0.2, 0.25) is 5.91 Å². The molecule has 2 N–H and O–H groups in total. The highest BCUT2D eigenvalue weighted by Crippen LogP contribution is 2.18. The number of rotatable bonds is 11. The third kappa shape index (κ3) is 8.85. The molecule has 0 aliphatic heterocycles. The van der Waals surface area contributed by atoms with E-state index in [0.29, 0.717) is 11.3 Å². The van der Waals surface area contributed by atoms with Crippen molar-refractivity contribution in [2.45, 2.75) is 19.8 Å². The van der Waals surface area contributed by atoms with Crippen LogP contribution in [0.4, 0.5) is 0 Å². The van der Waals surface area contributed by atoms with Crippen LogP contribution in [0.5, 0.6) is 0 Å². The molecule has 0 aliphatic carbocycles. The standard InChI is InChI=1S/C16H20N2O6S/c1-11(19)18-10-24-15(22)4-6-25-9-13(7-14(20)21)16(23)12-3-2-5-17-8-12/h2-3,5,8,13H,4,6-7,9-10H2,1H3,(H,18,19)(H,20,21)/t13-/m0/s1. The summed E-state index contributed by atoms with van der Waals surface area (Å²) >= 11 is 1.30. The number of ketones is 1. The van der Waals surface area contributed by atoms with Crippen LogP contribution < -0.4 is 5.32 Å². The number of esters is 1. The van der Waals surface area contributed by atoms with Gasteiger partial charge in [0, 0.05) is 42.3 Å². The number of carbonyl (C=O) groups is 4. The van der Waals surface area contributed by atoms with Crippen molar-refractivity contribution in [2.24, 2.45) is 5.92 Å². The summed E-state index contributed by atoms with van der Waals surface area (Å²) in [5.74, 6) is -2.15. The van der Waals surface area contributed by atoms with Gasteiger partial charge in [-0.3, -0.25) is 24.2 Å². The molecule has 1 heterocycles. The van der Waals surface area contributed by atoms with Gasteiger partial charge in [-0.25, -0.2) is 0 Å². The van der Waals surface area contributed by atoms with Crippen molar-refractivity contribution in [2.75, 3.05) is 18.2 Å². The number of aliphatic carboxylic acids is 1. The van der Waals surface area contributed by atoms with Crippen LogP contribution in [-0.4, -0.2) is 52.0 Å². The van der Waals surface area contributed by atoms with Gasteiger partial charge in [-0.2, -0.15) is 11.8 Å². The van der Waals surface area contributed by atoms with Crippen molar-refractivity contribution in [1.82, 2.24) is 10.3 Å². The second-order valence-electron chi connectivity index (χ2n) is 5.12. The summed E-state index contributed by atoms with van der Waals surface area (Å²) in [6.45, 7) is 1.13. The van der Waals surface area contributed by atoms with Crippen molar-refractivity contribution in [3.8, 4) is 0 Å². The summed E-state index contributed by atoms with van der Waals surface area (Å²) in [6.07, 6.45) is 2.75. The SMILES string of the molecule is CC(=O)NCOC(=O)CCSC[C@H](CC(=O)O)C(=O)c1cccnc1. The summed E-state index contributed by atoms with van der Waals surface area (Å²) in [4.78, 5) is 49.3. The molecule has 1 aromatic rings. The molecule has 0 saturated heterocycles. The molecular weight excluding hydrogens is 348 g/mol. The second-order valence-corrected chi connectivity index (χ2v) is 6.27. The fraction of sp³-hybridized carbons (Fsp3) is 0.438. The lowest BCUT2D eigenvalue weighted by molar-refractivity contribution is -0.144. The number of carbonyl (C=O) groups excluding carboxylic acids is 3. The third-order valence-electron chi connectivity index (χ3n) is 3.06. The Morgan fingerprint density at radius 3 is 2.72 bits per heavy atom. The molecule has 136 valence electrons. The molecule has 8 nitrogen and oxygen atoms in total. The number of hydrogen-bond acceptors (Lipinski definition) is 7. The number of pyridine rings is 1. The van der Waals surface area contributed by atoms with E-state index < -0.39 is 17.9 Å². The van der Waals surface area contributed by atoms with Gasteiger partial charge >= 0.3 is 11.9 Å². The van der Waals surface area contributed by atoms with Crippen molar-refractivity contribution in [3.63, 3.8) is 0 Å². The lowest BCUT2D eigenvalue weighted by atomic mass is 9.97. The molecule has 0 unspecified atom stereocenters. The van der Waals surface area contributed by atoms with E-state index in [9.17, 15) is 19.2 Å². The van der Waals surface area contributed by atoms with Gasteiger partial charge in [-0.15, -0.1) is 0 Å². The Bertz CT molecular complexity index is 608. The molecule has 0 aliphatic rings. The van der Waals surface area contributed by atoms with Gasteiger partial charge in [-0.1, -0.05) is 0 Å². The molecule has 1 aromatic heterocycles. The van der Waals surface area contributed by atoms with Crippen LogP contribution in [0.2, 0.25) is 0 Å². The molecule has 0 aromatic carbocycles. The van der Waals surface area contributed by atoms with Crippen molar-refractivity contribution < 1.29 is 29.0 Å². The molecule has 0 spiro atoms. The number of nitrogens with zero attached hydrogens (tertiary/aromatic N) is 1. The number of nitrogens with one attached hydrogen (secondary N) is 1. The Morgan fingerprint density at radius 2 is 2.12 bits per heavy atom. The minimum Gasteiger partial charge on any atom is -0.481 e. The first-order chi connectivity index (χ1) is 11.9. The van der Waals surface area contributed by atoms with E-state index in [4.69, 9.17) is 9.84 Å². The first-order valence-electron chi connectivity index (χ1n) is 7.54. The van der Waals surface area contributed by atoms with E-state index in [2.05, 4.69) is 10.3 Å². The molecular formula is C16H20N2O6S. The van der Waals surface area contributed by atoms with E-state index in [1.54, 1.807) is 12.1 Å². The van der Waals surface area contributed by atoms with E-state index in [0.717, 1.165) is 0 Å². The summed E-state index contributed by atoms with van der Waals surface area (Å²) in [7, 11) is 0. The van der Waals surface area contributed by atoms with Crippen molar-refractivity contribution in [1.29, 1.82) is 0 Å². The summed E-state index contributed by atoms with van der Waals surface area (Å²) in [6, 6.07) is 3.21. The number of aromatic nitrogens is 1. The van der Waals surface area contributed by atoms with Crippen LogP contribution in [0.1, 0.15) is 30.1 Å². The number of thioether (sulfide) groups is 1. The molecule has 0 radical (unpaired) electrons. The predicted molar refractivity (Wildman–Crippen MR) is 91.0 cm³/mol.